The number of methoxy groups -OCH3 is 1. The molecule has 10 heteroatoms. The fourth-order valence-electron chi connectivity index (χ4n) is 4.78. The maximum atomic E-state index is 13.3. The van der Waals surface area contributed by atoms with Crippen molar-refractivity contribution in [3.63, 3.8) is 0 Å². The van der Waals surface area contributed by atoms with Crippen LogP contribution < -0.4 is 14.8 Å². The molecule has 10 nitrogen and oxygen atoms in total. The fourth-order valence-corrected chi connectivity index (χ4v) is 4.78. The molecule has 4 atom stereocenters. The molecule has 1 N–H and O–H groups in total. The third kappa shape index (κ3) is 8.94. The second-order valence-corrected chi connectivity index (χ2v) is 9.83. The Labute approximate surface area is 235 Å². The molecule has 218 valence electrons. The maximum absolute atomic E-state index is 13.3. The molecule has 1 aliphatic rings. The van der Waals surface area contributed by atoms with E-state index in [4.69, 9.17) is 23.7 Å². The molecule has 0 spiro atoms. The van der Waals surface area contributed by atoms with Crippen molar-refractivity contribution >= 4 is 17.8 Å². The van der Waals surface area contributed by atoms with Gasteiger partial charge in [-0.25, -0.2) is 9.78 Å². The number of pyridine rings is 1. The lowest BCUT2D eigenvalue weighted by molar-refractivity contribution is -0.156. The summed E-state index contributed by atoms with van der Waals surface area (Å²) < 4.78 is 27.9. The number of ether oxygens (including phenoxy) is 5. The monoisotopic (exact) mass is 556 g/mol. The van der Waals surface area contributed by atoms with Crippen LogP contribution in [-0.4, -0.2) is 55.0 Å². The zero-order chi connectivity index (χ0) is 28.9. The van der Waals surface area contributed by atoms with E-state index < -0.39 is 36.8 Å². The van der Waals surface area contributed by atoms with Crippen LogP contribution in [0.5, 0.6) is 11.5 Å². The Bertz CT molecular complexity index is 1110. The number of nitrogens with zero attached hydrogens (tertiary/aromatic N) is 1. The summed E-state index contributed by atoms with van der Waals surface area (Å²) in [7, 11) is 1.41. The number of esters is 2. The normalized spacial score (nSPS) is 21.2. The lowest BCUT2D eigenvalue weighted by atomic mass is 9.88. The molecule has 2 heterocycles. The van der Waals surface area contributed by atoms with E-state index in [2.05, 4.69) is 17.2 Å². The van der Waals surface area contributed by atoms with Gasteiger partial charge in [0, 0.05) is 25.1 Å². The first kappa shape index (κ1) is 30.9. The molecule has 40 heavy (non-hydrogen) atoms. The number of aromatic nitrogens is 1. The summed E-state index contributed by atoms with van der Waals surface area (Å²) in [5.41, 5.74) is 0.987. The molecule has 1 amide bonds. The highest BCUT2D eigenvalue weighted by molar-refractivity contribution is 5.98. The summed E-state index contributed by atoms with van der Waals surface area (Å²) in [5.74, 6) is -1.41. The van der Waals surface area contributed by atoms with Gasteiger partial charge in [0.25, 0.3) is 5.91 Å². The van der Waals surface area contributed by atoms with E-state index in [-0.39, 0.29) is 29.2 Å². The number of hydrogen-bond donors (Lipinski definition) is 1. The standard InChI is InChI=1S/C30H40N2O8/c1-5-6-13-23-20(2)40-30(35)24(14-10-15-25(23)37-18-22-11-8-7-9-12-22)32-29(34)27-28(39-19-38-21(3)33)26(36-4)16-17-31-27/h7-9,11-12,16-17,20,23-25H,5-6,10,13-15,18-19H2,1-4H3,(H,32,34)/t20-,23-,24-,25-/m0/s1. The van der Waals surface area contributed by atoms with E-state index in [1.165, 1.54) is 26.3 Å². The van der Waals surface area contributed by atoms with Crippen molar-refractivity contribution in [2.75, 3.05) is 13.9 Å². The molecule has 1 aromatic heterocycles. The largest absolute Gasteiger partial charge is 0.493 e. The van der Waals surface area contributed by atoms with Gasteiger partial charge in [-0.15, -0.1) is 0 Å². The summed E-state index contributed by atoms with van der Waals surface area (Å²) in [6.07, 6.45) is 5.54. The number of rotatable bonds is 12. The van der Waals surface area contributed by atoms with Crippen molar-refractivity contribution in [3.8, 4) is 11.5 Å². The fraction of sp³-hybridized carbons (Fsp3) is 0.533. The van der Waals surface area contributed by atoms with Crippen molar-refractivity contribution in [1.82, 2.24) is 10.3 Å². The molecular formula is C30H40N2O8. The van der Waals surface area contributed by atoms with Crippen LogP contribution in [0, 0.1) is 5.92 Å². The third-order valence-corrected chi connectivity index (χ3v) is 6.92. The van der Waals surface area contributed by atoms with E-state index >= 15 is 0 Å². The summed E-state index contributed by atoms with van der Waals surface area (Å²) in [4.78, 5) is 41.8. The van der Waals surface area contributed by atoms with Gasteiger partial charge in [0.15, 0.2) is 17.2 Å². The highest BCUT2D eigenvalue weighted by Gasteiger charge is 2.35. The topological polar surface area (TPSA) is 122 Å². The van der Waals surface area contributed by atoms with E-state index in [9.17, 15) is 14.4 Å². The molecular weight excluding hydrogens is 516 g/mol. The number of carbonyl (C=O) groups is 3. The van der Waals surface area contributed by atoms with Crippen LogP contribution in [0.25, 0.3) is 0 Å². The van der Waals surface area contributed by atoms with Gasteiger partial charge in [0.05, 0.1) is 19.8 Å². The molecule has 1 aromatic carbocycles. The first-order valence-corrected chi connectivity index (χ1v) is 13.8. The lowest BCUT2D eigenvalue weighted by Crippen LogP contribution is -2.43. The molecule has 1 aliphatic heterocycles. The molecule has 2 aromatic rings. The minimum atomic E-state index is -0.885. The van der Waals surface area contributed by atoms with Crippen molar-refractivity contribution in [2.45, 2.75) is 84.2 Å². The number of nitrogens with one attached hydrogen (secondary N) is 1. The quantitative estimate of drug-likeness (QED) is 0.295. The molecule has 0 unspecified atom stereocenters. The van der Waals surface area contributed by atoms with E-state index in [1.54, 1.807) is 0 Å². The van der Waals surface area contributed by atoms with Gasteiger partial charge in [-0.05, 0) is 38.2 Å². The second-order valence-electron chi connectivity index (χ2n) is 9.83. The zero-order valence-electron chi connectivity index (χ0n) is 23.7. The zero-order valence-corrected chi connectivity index (χ0v) is 23.7. The third-order valence-electron chi connectivity index (χ3n) is 6.92. The predicted molar refractivity (Wildman–Crippen MR) is 147 cm³/mol. The van der Waals surface area contributed by atoms with Crippen molar-refractivity contribution in [2.24, 2.45) is 5.92 Å². The van der Waals surface area contributed by atoms with Crippen LogP contribution in [0.2, 0.25) is 0 Å². The van der Waals surface area contributed by atoms with Crippen molar-refractivity contribution in [3.05, 3.63) is 53.9 Å². The van der Waals surface area contributed by atoms with Crippen LogP contribution in [0.3, 0.4) is 0 Å². The van der Waals surface area contributed by atoms with Crippen LogP contribution in [-0.2, 0) is 30.4 Å². The minimum Gasteiger partial charge on any atom is -0.493 e. The van der Waals surface area contributed by atoms with Gasteiger partial charge in [-0.2, -0.15) is 0 Å². The average molecular weight is 557 g/mol. The van der Waals surface area contributed by atoms with Gasteiger partial charge < -0.3 is 29.0 Å². The maximum Gasteiger partial charge on any atom is 0.328 e. The number of hydrogen-bond acceptors (Lipinski definition) is 9. The molecule has 0 saturated carbocycles. The van der Waals surface area contributed by atoms with Crippen LogP contribution in [0.1, 0.15) is 75.3 Å². The van der Waals surface area contributed by atoms with Gasteiger partial charge in [0.1, 0.15) is 12.1 Å². The van der Waals surface area contributed by atoms with Crippen LogP contribution in [0.4, 0.5) is 0 Å². The van der Waals surface area contributed by atoms with Crippen LogP contribution >= 0.6 is 0 Å². The minimum absolute atomic E-state index is 0.00237. The predicted octanol–water partition coefficient (Wildman–Crippen LogP) is 4.60. The molecule has 1 fully saturated rings. The number of amides is 1. The summed E-state index contributed by atoms with van der Waals surface area (Å²) in [6, 6.07) is 10.6. The van der Waals surface area contributed by atoms with E-state index in [0.29, 0.717) is 19.4 Å². The molecule has 0 aliphatic carbocycles. The summed E-state index contributed by atoms with van der Waals surface area (Å²) >= 11 is 0. The molecule has 3 rings (SSSR count). The second kappa shape index (κ2) is 15.8. The Morgan fingerprint density at radius 2 is 1.93 bits per heavy atom. The average Bonchev–Trinajstić information content (AvgIpc) is 2.99. The van der Waals surface area contributed by atoms with Crippen molar-refractivity contribution in [1.29, 1.82) is 0 Å². The van der Waals surface area contributed by atoms with Gasteiger partial charge in [-0.1, -0.05) is 50.1 Å². The van der Waals surface area contributed by atoms with Gasteiger partial charge in [0.2, 0.25) is 6.79 Å². The summed E-state index contributed by atoms with van der Waals surface area (Å²) in [5, 5.41) is 2.76. The number of carbonyl (C=O) groups excluding carboxylic acids is 3. The Morgan fingerprint density at radius 1 is 1.15 bits per heavy atom. The molecule has 0 bridgehead atoms. The SMILES string of the molecule is CCCC[C@H]1[C@H](C)OC(=O)[C@@H](NC(=O)c2nccc(OC)c2OCOC(C)=O)CCC[C@@H]1OCc1ccccc1. The van der Waals surface area contributed by atoms with Crippen molar-refractivity contribution < 1.29 is 38.1 Å². The first-order valence-electron chi connectivity index (χ1n) is 13.8. The Morgan fingerprint density at radius 3 is 2.62 bits per heavy atom. The lowest BCUT2D eigenvalue weighted by Gasteiger charge is -2.31. The molecule has 1 saturated heterocycles. The number of cyclic esters (lactones) is 1. The van der Waals surface area contributed by atoms with Gasteiger partial charge >= 0.3 is 11.9 Å². The number of benzene rings is 1. The summed E-state index contributed by atoms with van der Waals surface area (Å²) in [6.45, 7) is 5.32. The Kier molecular flexibility index (Phi) is 12.2. The van der Waals surface area contributed by atoms with E-state index in [1.807, 2.05) is 37.3 Å². The molecule has 0 radical (unpaired) electrons. The highest BCUT2D eigenvalue weighted by atomic mass is 16.7. The Hall–Kier alpha value is -3.66. The Balaban J connectivity index is 1.74. The highest BCUT2D eigenvalue weighted by Crippen LogP contribution is 2.31. The first-order chi connectivity index (χ1) is 19.3. The number of unbranched alkanes of at least 4 members (excludes halogenated alkanes) is 1. The van der Waals surface area contributed by atoms with E-state index in [0.717, 1.165) is 31.2 Å². The van der Waals surface area contributed by atoms with Crippen LogP contribution in [0.15, 0.2) is 42.6 Å². The smallest absolute Gasteiger partial charge is 0.328 e. The van der Waals surface area contributed by atoms with Gasteiger partial charge in [-0.3, -0.25) is 9.59 Å².